The topological polar surface area (TPSA) is 49.3 Å². The molecule has 0 spiro atoms. The summed E-state index contributed by atoms with van der Waals surface area (Å²) in [6.45, 7) is 0. The predicted molar refractivity (Wildman–Crippen MR) is 68.1 cm³/mol. The van der Waals surface area contributed by atoms with E-state index in [2.05, 4.69) is 5.32 Å². The largest absolute Gasteiger partial charge is 0.478 e. The molecule has 0 aromatic heterocycles. The smallest absolute Gasteiger partial charge is 0.335 e. The number of rotatable bonds is 3. The average Bonchev–Trinajstić information content (AvgIpc) is 2.35. The van der Waals surface area contributed by atoms with Gasteiger partial charge in [-0.25, -0.2) is 13.6 Å². The van der Waals surface area contributed by atoms with E-state index in [1.165, 1.54) is 0 Å². The maximum Gasteiger partial charge on any atom is 0.335 e. The van der Waals surface area contributed by atoms with Crippen LogP contribution in [0.25, 0.3) is 0 Å². The van der Waals surface area contributed by atoms with Gasteiger partial charge in [-0.1, -0.05) is 23.7 Å². The van der Waals surface area contributed by atoms with Gasteiger partial charge < -0.3 is 10.4 Å². The number of carboxylic acid groups (broad SMARTS) is 1. The lowest BCUT2D eigenvalue weighted by molar-refractivity contribution is 0.0696. The summed E-state index contributed by atoms with van der Waals surface area (Å²) >= 11 is 5.86. The minimum Gasteiger partial charge on any atom is -0.478 e. The van der Waals surface area contributed by atoms with Crippen LogP contribution in [0.3, 0.4) is 0 Å². The third kappa shape index (κ3) is 2.82. The molecule has 0 atom stereocenters. The van der Waals surface area contributed by atoms with Crippen molar-refractivity contribution in [1.29, 1.82) is 0 Å². The molecule has 0 saturated carbocycles. The second kappa shape index (κ2) is 5.24. The van der Waals surface area contributed by atoms with Gasteiger partial charge in [0, 0.05) is 0 Å². The number of nitrogens with one attached hydrogen (secondary N) is 1. The second-order valence-electron chi connectivity index (χ2n) is 3.72. The molecule has 2 aromatic carbocycles. The normalized spacial score (nSPS) is 10.3. The van der Waals surface area contributed by atoms with E-state index in [0.29, 0.717) is 10.7 Å². The average molecular weight is 284 g/mol. The molecule has 2 N–H and O–H groups in total. The predicted octanol–water partition coefficient (Wildman–Crippen LogP) is 4.06. The van der Waals surface area contributed by atoms with Crippen molar-refractivity contribution in [2.24, 2.45) is 0 Å². The number of carbonyl (C=O) groups is 1. The van der Waals surface area contributed by atoms with Gasteiger partial charge in [-0.3, -0.25) is 0 Å². The monoisotopic (exact) mass is 283 g/mol. The van der Waals surface area contributed by atoms with E-state index >= 15 is 0 Å². The van der Waals surface area contributed by atoms with E-state index in [1.807, 2.05) is 0 Å². The molecule has 0 heterocycles. The van der Waals surface area contributed by atoms with Crippen molar-refractivity contribution in [3.8, 4) is 0 Å². The summed E-state index contributed by atoms with van der Waals surface area (Å²) < 4.78 is 27.4. The van der Waals surface area contributed by atoms with Crippen molar-refractivity contribution < 1.29 is 18.7 Å². The quantitative estimate of drug-likeness (QED) is 0.893. The summed E-state index contributed by atoms with van der Waals surface area (Å²) in [5, 5.41) is 11.5. The third-order valence-electron chi connectivity index (χ3n) is 2.42. The zero-order valence-electron chi connectivity index (χ0n) is 9.45. The standard InChI is InChI=1S/C13H8ClF2NO2/c14-8-3-1-2-4-11(8)17-12-9(15)5-7(13(18)19)6-10(12)16/h1-6,17H,(H,18,19). The van der Waals surface area contributed by atoms with Gasteiger partial charge in [-0.05, 0) is 24.3 Å². The van der Waals surface area contributed by atoms with Crippen LogP contribution in [-0.2, 0) is 0 Å². The van der Waals surface area contributed by atoms with E-state index in [0.717, 1.165) is 12.1 Å². The molecule has 0 unspecified atom stereocenters. The first-order chi connectivity index (χ1) is 8.99. The number of halogens is 3. The Kier molecular flexibility index (Phi) is 3.66. The maximum absolute atomic E-state index is 13.7. The van der Waals surface area contributed by atoms with Crippen molar-refractivity contribution in [3.63, 3.8) is 0 Å². The minimum absolute atomic E-state index is 0.295. The van der Waals surface area contributed by atoms with E-state index in [1.54, 1.807) is 24.3 Å². The summed E-state index contributed by atoms with van der Waals surface area (Å²) in [4.78, 5) is 10.7. The highest BCUT2D eigenvalue weighted by Crippen LogP contribution is 2.28. The summed E-state index contributed by atoms with van der Waals surface area (Å²) in [6, 6.07) is 7.91. The fourth-order valence-electron chi connectivity index (χ4n) is 1.51. The van der Waals surface area contributed by atoms with Crippen molar-refractivity contribution in [1.82, 2.24) is 0 Å². The number of hydrogen-bond acceptors (Lipinski definition) is 2. The summed E-state index contributed by atoms with van der Waals surface area (Å²) in [5.41, 5.74) is -0.581. The maximum atomic E-state index is 13.7. The first kappa shape index (κ1) is 13.3. The number of para-hydroxylation sites is 1. The molecule has 0 aliphatic carbocycles. The van der Waals surface area contributed by atoms with Crippen LogP contribution in [0, 0.1) is 11.6 Å². The van der Waals surface area contributed by atoms with Crippen LogP contribution < -0.4 is 5.32 Å². The number of carboxylic acids is 1. The van der Waals surface area contributed by atoms with Gasteiger partial charge in [0.2, 0.25) is 0 Å². The first-order valence-corrected chi connectivity index (χ1v) is 5.60. The molecule has 0 saturated heterocycles. The molecule has 0 radical (unpaired) electrons. The van der Waals surface area contributed by atoms with Crippen LogP contribution >= 0.6 is 11.6 Å². The van der Waals surface area contributed by atoms with Gasteiger partial charge in [-0.2, -0.15) is 0 Å². The lowest BCUT2D eigenvalue weighted by Gasteiger charge is -2.10. The van der Waals surface area contributed by atoms with Crippen LogP contribution in [0.5, 0.6) is 0 Å². The molecule has 0 aliphatic heterocycles. The molecule has 0 amide bonds. The molecule has 2 aromatic rings. The van der Waals surface area contributed by atoms with Crippen LogP contribution in [0.15, 0.2) is 36.4 Å². The van der Waals surface area contributed by atoms with E-state index < -0.39 is 28.9 Å². The molecule has 19 heavy (non-hydrogen) atoms. The Labute approximate surface area is 112 Å². The lowest BCUT2D eigenvalue weighted by Crippen LogP contribution is -2.03. The molecule has 3 nitrogen and oxygen atoms in total. The Morgan fingerprint density at radius 3 is 2.26 bits per heavy atom. The van der Waals surface area contributed by atoms with Crippen LogP contribution in [0.1, 0.15) is 10.4 Å². The Bertz CT molecular complexity index is 623. The van der Waals surface area contributed by atoms with Gasteiger partial charge in [0.15, 0.2) is 11.6 Å². The molecule has 2 rings (SSSR count). The zero-order valence-corrected chi connectivity index (χ0v) is 10.2. The van der Waals surface area contributed by atoms with E-state index in [9.17, 15) is 13.6 Å². The molecular formula is C13H8ClF2NO2. The third-order valence-corrected chi connectivity index (χ3v) is 2.75. The Morgan fingerprint density at radius 2 is 1.74 bits per heavy atom. The number of aromatic carboxylic acids is 1. The second-order valence-corrected chi connectivity index (χ2v) is 4.13. The van der Waals surface area contributed by atoms with Crippen molar-refractivity contribution in [2.75, 3.05) is 5.32 Å². The van der Waals surface area contributed by atoms with Crippen molar-refractivity contribution in [3.05, 3.63) is 58.6 Å². The van der Waals surface area contributed by atoms with Crippen LogP contribution in [-0.4, -0.2) is 11.1 Å². The number of hydrogen-bond donors (Lipinski definition) is 2. The van der Waals surface area contributed by atoms with Gasteiger partial charge in [0.1, 0.15) is 5.69 Å². The molecular weight excluding hydrogens is 276 g/mol. The molecule has 98 valence electrons. The SMILES string of the molecule is O=C(O)c1cc(F)c(Nc2ccccc2Cl)c(F)c1. The van der Waals surface area contributed by atoms with Gasteiger partial charge in [0.05, 0.1) is 16.3 Å². The Hall–Kier alpha value is -2.14. The fourth-order valence-corrected chi connectivity index (χ4v) is 1.70. The highest BCUT2D eigenvalue weighted by Gasteiger charge is 2.15. The van der Waals surface area contributed by atoms with Gasteiger partial charge >= 0.3 is 5.97 Å². The summed E-state index contributed by atoms with van der Waals surface area (Å²) in [7, 11) is 0. The molecule has 0 bridgehead atoms. The van der Waals surface area contributed by atoms with E-state index in [4.69, 9.17) is 16.7 Å². The summed E-state index contributed by atoms with van der Waals surface area (Å²) in [5.74, 6) is -3.41. The Morgan fingerprint density at radius 1 is 1.16 bits per heavy atom. The highest BCUT2D eigenvalue weighted by atomic mass is 35.5. The molecule has 6 heteroatoms. The highest BCUT2D eigenvalue weighted by molar-refractivity contribution is 6.33. The Balaban J connectivity index is 2.42. The lowest BCUT2D eigenvalue weighted by atomic mass is 10.2. The molecule has 0 aliphatic rings. The first-order valence-electron chi connectivity index (χ1n) is 5.23. The van der Waals surface area contributed by atoms with Crippen molar-refractivity contribution in [2.45, 2.75) is 0 Å². The number of anilines is 2. The van der Waals surface area contributed by atoms with Gasteiger partial charge in [0.25, 0.3) is 0 Å². The summed E-state index contributed by atoms with van der Waals surface area (Å²) in [6.07, 6.45) is 0. The zero-order chi connectivity index (χ0) is 14.0. The van der Waals surface area contributed by atoms with Crippen molar-refractivity contribution >= 4 is 28.9 Å². The van der Waals surface area contributed by atoms with Crippen LogP contribution in [0.4, 0.5) is 20.2 Å². The minimum atomic E-state index is -1.40. The fraction of sp³-hybridized carbons (Fsp3) is 0. The molecule has 0 fully saturated rings. The van der Waals surface area contributed by atoms with E-state index in [-0.39, 0.29) is 0 Å². The van der Waals surface area contributed by atoms with Crippen LogP contribution in [0.2, 0.25) is 5.02 Å². The van der Waals surface area contributed by atoms with Gasteiger partial charge in [-0.15, -0.1) is 0 Å². The number of benzene rings is 2.